The van der Waals surface area contributed by atoms with Crippen molar-refractivity contribution in [3.8, 4) is 0 Å². The van der Waals surface area contributed by atoms with Gasteiger partial charge in [0.2, 0.25) is 10.0 Å². The van der Waals surface area contributed by atoms with Gasteiger partial charge in [0, 0.05) is 30.7 Å². The molecular formula is C19H29N3O3S. The van der Waals surface area contributed by atoms with Crippen molar-refractivity contribution in [2.45, 2.75) is 62.9 Å². The van der Waals surface area contributed by atoms with Crippen LogP contribution in [0.2, 0.25) is 0 Å². The number of hydrogen-bond acceptors (Lipinski definition) is 4. The van der Waals surface area contributed by atoms with Gasteiger partial charge in [0.1, 0.15) is 0 Å². The van der Waals surface area contributed by atoms with Crippen LogP contribution < -0.4 is 11.1 Å². The number of amides is 1. The van der Waals surface area contributed by atoms with Crippen molar-refractivity contribution in [3.05, 3.63) is 29.3 Å². The molecule has 144 valence electrons. The van der Waals surface area contributed by atoms with Crippen molar-refractivity contribution >= 4 is 15.9 Å². The van der Waals surface area contributed by atoms with Crippen LogP contribution in [0.25, 0.3) is 0 Å². The van der Waals surface area contributed by atoms with Gasteiger partial charge in [-0.25, -0.2) is 8.42 Å². The molecule has 1 heterocycles. The van der Waals surface area contributed by atoms with E-state index >= 15 is 0 Å². The molecule has 0 spiro atoms. The lowest BCUT2D eigenvalue weighted by Gasteiger charge is -2.32. The van der Waals surface area contributed by atoms with E-state index in [0.717, 1.165) is 37.7 Å². The lowest BCUT2D eigenvalue weighted by Crippen LogP contribution is -2.43. The molecular weight excluding hydrogens is 350 g/mol. The zero-order valence-corrected chi connectivity index (χ0v) is 16.4. The molecule has 2 unspecified atom stereocenters. The number of rotatable bonds is 6. The minimum Gasteiger partial charge on any atom is -0.348 e. The van der Waals surface area contributed by atoms with E-state index < -0.39 is 10.0 Å². The molecule has 26 heavy (non-hydrogen) atoms. The van der Waals surface area contributed by atoms with Crippen LogP contribution in [-0.2, 0) is 10.0 Å². The molecule has 1 aromatic carbocycles. The summed E-state index contributed by atoms with van der Waals surface area (Å²) in [5.74, 6) is 0.207. The second-order valence-corrected chi connectivity index (χ2v) is 9.48. The molecule has 1 saturated carbocycles. The molecule has 1 aliphatic carbocycles. The summed E-state index contributed by atoms with van der Waals surface area (Å²) in [4.78, 5) is 12.9. The van der Waals surface area contributed by atoms with Crippen LogP contribution in [0.4, 0.5) is 0 Å². The van der Waals surface area contributed by atoms with Gasteiger partial charge in [-0.05, 0) is 63.1 Å². The number of nitrogens with one attached hydrogen (secondary N) is 1. The molecule has 3 rings (SSSR count). The number of carbonyl (C=O) groups excluding carboxylic acids is 1. The summed E-state index contributed by atoms with van der Waals surface area (Å²) in [6.07, 6.45) is 4.97. The van der Waals surface area contributed by atoms with Crippen LogP contribution in [0.5, 0.6) is 0 Å². The highest BCUT2D eigenvalue weighted by Gasteiger charge is 2.33. The van der Waals surface area contributed by atoms with Gasteiger partial charge in [-0.1, -0.05) is 12.5 Å². The molecule has 1 saturated heterocycles. The fourth-order valence-electron chi connectivity index (χ4n) is 3.68. The van der Waals surface area contributed by atoms with Gasteiger partial charge in [0.05, 0.1) is 4.90 Å². The van der Waals surface area contributed by atoms with Gasteiger partial charge in [-0.2, -0.15) is 4.31 Å². The number of piperidine rings is 1. The maximum Gasteiger partial charge on any atom is 0.251 e. The molecule has 2 fully saturated rings. The van der Waals surface area contributed by atoms with Gasteiger partial charge < -0.3 is 11.1 Å². The van der Waals surface area contributed by atoms with Gasteiger partial charge in [-0.3, -0.25) is 4.79 Å². The molecule has 1 aliphatic heterocycles. The second-order valence-electron chi connectivity index (χ2n) is 7.59. The second kappa shape index (κ2) is 7.66. The lowest BCUT2D eigenvalue weighted by atomic mass is 10.1. The molecule has 7 heteroatoms. The van der Waals surface area contributed by atoms with Crippen molar-refractivity contribution in [3.63, 3.8) is 0 Å². The van der Waals surface area contributed by atoms with Crippen LogP contribution in [0.3, 0.4) is 0 Å². The van der Waals surface area contributed by atoms with Crippen molar-refractivity contribution in [2.75, 3.05) is 13.1 Å². The Balaban J connectivity index is 1.85. The van der Waals surface area contributed by atoms with E-state index in [-0.39, 0.29) is 22.9 Å². The van der Waals surface area contributed by atoms with Gasteiger partial charge in [0.25, 0.3) is 5.91 Å². The summed E-state index contributed by atoms with van der Waals surface area (Å²) in [5.41, 5.74) is 6.95. The maximum atomic E-state index is 13.1. The third kappa shape index (κ3) is 3.94. The Morgan fingerprint density at radius 3 is 2.65 bits per heavy atom. The first-order valence-corrected chi connectivity index (χ1v) is 10.9. The number of nitrogens with zero attached hydrogens (tertiary/aromatic N) is 1. The summed E-state index contributed by atoms with van der Waals surface area (Å²) in [6.45, 7) is 4.71. The van der Waals surface area contributed by atoms with Crippen LogP contribution >= 0.6 is 0 Å². The van der Waals surface area contributed by atoms with E-state index in [2.05, 4.69) is 5.32 Å². The first-order chi connectivity index (χ1) is 12.3. The molecule has 1 amide bonds. The van der Waals surface area contributed by atoms with Gasteiger partial charge in [-0.15, -0.1) is 0 Å². The average Bonchev–Trinajstić information content (AvgIpc) is 3.45. The third-order valence-corrected chi connectivity index (χ3v) is 7.57. The van der Waals surface area contributed by atoms with Crippen LogP contribution in [0, 0.1) is 12.8 Å². The van der Waals surface area contributed by atoms with Gasteiger partial charge >= 0.3 is 0 Å². The van der Waals surface area contributed by atoms with Crippen LogP contribution in [0.1, 0.15) is 54.9 Å². The van der Waals surface area contributed by atoms with Gasteiger partial charge in [0.15, 0.2) is 0 Å². The smallest absolute Gasteiger partial charge is 0.251 e. The molecule has 2 atom stereocenters. The summed E-state index contributed by atoms with van der Waals surface area (Å²) in [6, 6.07) is 4.78. The van der Waals surface area contributed by atoms with E-state index in [1.54, 1.807) is 16.4 Å². The maximum absolute atomic E-state index is 13.1. The monoisotopic (exact) mass is 379 g/mol. The van der Waals surface area contributed by atoms with E-state index in [9.17, 15) is 13.2 Å². The zero-order valence-electron chi connectivity index (χ0n) is 15.6. The first kappa shape index (κ1) is 19.3. The van der Waals surface area contributed by atoms with Crippen LogP contribution in [-0.4, -0.2) is 43.8 Å². The third-order valence-electron chi connectivity index (χ3n) is 5.56. The quantitative estimate of drug-likeness (QED) is 0.791. The predicted molar refractivity (Wildman–Crippen MR) is 101 cm³/mol. The van der Waals surface area contributed by atoms with Crippen LogP contribution in [0.15, 0.2) is 23.1 Å². The van der Waals surface area contributed by atoms with E-state index in [1.807, 2.05) is 13.8 Å². The Bertz CT molecular complexity index is 774. The largest absolute Gasteiger partial charge is 0.348 e. The average molecular weight is 380 g/mol. The topological polar surface area (TPSA) is 92.5 Å². The number of aryl methyl sites for hydroxylation is 1. The van der Waals surface area contributed by atoms with Crippen molar-refractivity contribution in [1.82, 2.24) is 9.62 Å². The summed E-state index contributed by atoms with van der Waals surface area (Å²) in [5, 5.41) is 2.98. The Kier molecular flexibility index (Phi) is 5.69. The summed E-state index contributed by atoms with van der Waals surface area (Å²) >= 11 is 0. The Labute approximate surface area is 156 Å². The number of hydrogen-bond donors (Lipinski definition) is 2. The number of carbonyl (C=O) groups is 1. The summed E-state index contributed by atoms with van der Waals surface area (Å²) < 4.78 is 27.7. The Hall–Kier alpha value is -1.44. The molecule has 0 radical (unpaired) electrons. The number of benzene rings is 1. The molecule has 3 N–H and O–H groups in total. The first-order valence-electron chi connectivity index (χ1n) is 9.48. The number of nitrogens with two attached hydrogens (primary N) is 1. The standard InChI is InChI=1S/C19H29N3O3S/c1-13-6-9-16(26(24,25)22-10-4-3-5-14(22)2)11-17(13)19(23)21-18(12-20)15-7-8-15/h6,9,11,14-15,18H,3-5,7-8,10,12,20H2,1-2H3,(H,21,23). The zero-order chi connectivity index (χ0) is 18.9. The predicted octanol–water partition coefficient (Wildman–Crippen LogP) is 2.03. The fraction of sp³-hybridized carbons (Fsp3) is 0.632. The molecule has 2 aliphatic rings. The molecule has 0 bridgehead atoms. The molecule has 1 aromatic rings. The Morgan fingerprint density at radius 1 is 1.31 bits per heavy atom. The Morgan fingerprint density at radius 2 is 2.04 bits per heavy atom. The fourth-order valence-corrected chi connectivity index (χ4v) is 5.41. The lowest BCUT2D eigenvalue weighted by molar-refractivity contribution is 0.0932. The molecule has 0 aromatic heterocycles. The van der Waals surface area contributed by atoms with E-state index in [4.69, 9.17) is 5.73 Å². The van der Waals surface area contributed by atoms with Crippen molar-refractivity contribution < 1.29 is 13.2 Å². The highest BCUT2D eigenvalue weighted by Crippen LogP contribution is 2.32. The van der Waals surface area contributed by atoms with Crippen molar-refractivity contribution in [1.29, 1.82) is 0 Å². The van der Waals surface area contributed by atoms with E-state index in [1.165, 1.54) is 6.07 Å². The van der Waals surface area contributed by atoms with E-state index in [0.29, 0.717) is 24.6 Å². The molecule has 6 nitrogen and oxygen atoms in total. The minimum atomic E-state index is -3.59. The van der Waals surface area contributed by atoms with Crippen molar-refractivity contribution in [2.24, 2.45) is 11.7 Å². The minimum absolute atomic E-state index is 0.0104. The highest BCUT2D eigenvalue weighted by atomic mass is 32.2. The number of sulfonamides is 1. The summed E-state index contributed by atoms with van der Waals surface area (Å²) in [7, 11) is -3.59. The SMILES string of the molecule is Cc1ccc(S(=O)(=O)N2CCCCC2C)cc1C(=O)NC(CN)C1CC1. The normalized spacial score (nSPS) is 22.8. The highest BCUT2D eigenvalue weighted by molar-refractivity contribution is 7.89.